The van der Waals surface area contributed by atoms with Crippen LogP contribution in [-0.4, -0.2) is 35.6 Å². The lowest BCUT2D eigenvalue weighted by atomic mass is 9.98. The quantitative estimate of drug-likeness (QED) is 0.756. The Bertz CT molecular complexity index is 282. The molecule has 2 unspecified atom stereocenters. The van der Waals surface area contributed by atoms with Gasteiger partial charge in [-0.3, -0.25) is 10.2 Å². The summed E-state index contributed by atoms with van der Waals surface area (Å²) >= 11 is 0. The Morgan fingerprint density at radius 3 is 2.61 bits per heavy atom. The summed E-state index contributed by atoms with van der Waals surface area (Å²) < 4.78 is 0. The van der Waals surface area contributed by atoms with E-state index < -0.39 is 0 Å². The fourth-order valence-corrected chi connectivity index (χ4v) is 3.09. The van der Waals surface area contributed by atoms with Gasteiger partial charge in [-0.05, 0) is 59.0 Å². The van der Waals surface area contributed by atoms with E-state index in [1.165, 1.54) is 6.42 Å². The first-order valence-corrected chi connectivity index (χ1v) is 7.50. The van der Waals surface area contributed by atoms with Crippen molar-refractivity contribution in [1.82, 2.24) is 10.2 Å². The van der Waals surface area contributed by atoms with E-state index >= 15 is 0 Å². The van der Waals surface area contributed by atoms with Gasteiger partial charge in [0.25, 0.3) is 0 Å². The SMILES string of the molecule is CCCNC1(C#N)CCC(N(CCC)C(C)C)C1. The number of hydrogen-bond acceptors (Lipinski definition) is 3. The molecule has 0 radical (unpaired) electrons. The van der Waals surface area contributed by atoms with Crippen molar-refractivity contribution in [2.75, 3.05) is 13.1 Å². The van der Waals surface area contributed by atoms with Crippen LogP contribution in [0.15, 0.2) is 0 Å². The number of nitrogens with one attached hydrogen (secondary N) is 1. The Hall–Kier alpha value is -0.590. The van der Waals surface area contributed by atoms with Crippen LogP contribution >= 0.6 is 0 Å². The Kier molecular flexibility index (Phi) is 6.11. The fraction of sp³-hybridized carbons (Fsp3) is 0.933. The minimum Gasteiger partial charge on any atom is -0.299 e. The first kappa shape index (κ1) is 15.5. The molecule has 1 aliphatic carbocycles. The summed E-state index contributed by atoms with van der Waals surface area (Å²) in [7, 11) is 0. The molecule has 0 bridgehead atoms. The van der Waals surface area contributed by atoms with Crippen LogP contribution in [0, 0.1) is 11.3 Å². The molecule has 18 heavy (non-hydrogen) atoms. The van der Waals surface area contributed by atoms with E-state index in [4.69, 9.17) is 0 Å². The highest BCUT2D eigenvalue weighted by molar-refractivity contribution is 5.13. The molecule has 0 spiro atoms. The third-order valence-electron chi connectivity index (χ3n) is 4.03. The van der Waals surface area contributed by atoms with Gasteiger partial charge >= 0.3 is 0 Å². The van der Waals surface area contributed by atoms with Crippen molar-refractivity contribution in [3.05, 3.63) is 0 Å². The zero-order chi connectivity index (χ0) is 13.6. The number of rotatable bonds is 7. The van der Waals surface area contributed by atoms with Crippen LogP contribution in [-0.2, 0) is 0 Å². The first-order valence-electron chi connectivity index (χ1n) is 7.50. The second-order valence-corrected chi connectivity index (χ2v) is 5.85. The predicted molar refractivity (Wildman–Crippen MR) is 76.4 cm³/mol. The summed E-state index contributed by atoms with van der Waals surface area (Å²) in [5.41, 5.74) is -0.262. The average Bonchev–Trinajstić information content (AvgIpc) is 2.78. The number of hydrogen-bond donors (Lipinski definition) is 1. The molecule has 1 rings (SSSR count). The molecule has 104 valence electrons. The van der Waals surface area contributed by atoms with Gasteiger partial charge in [-0.25, -0.2) is 0 Å². The smallest absolute Gasteiger partial charge is 0.108 e. The van der Waals surface area contributed by atoms with E-state index in [9.17, 15) is 5.26 Å². The van der Waals surface area contributed by atoms with Crippen LogP contribution in [0.4, 0.5) is 0 Å². The van der Waals surface area contributed by atoms with Gasteiger partial charge in [0.15, 0.2) is 0 Å². The maximum Gasteiger partial charge on any atom is 0.108 e. The van der Waals surface area contributed by atoms with Crippen molar-refractivity contribution in [1.29, 1.82) is 5.26 Å². The van der Waals surface area contributed by atoms with Gasteiger partial charge in [0.05, 0.1) is 6.07 Å². The lowest BCUT2D eigenvalue weighted by Gasteiger charge is -2.33. The molecule has 0 aromatic heterocycles. The molecular weight excluding hydrogens is 222 g/mol. The zero-order valence-corrected chi connectivity index (χ0v) is 12.5. The normalized spacial score (nSPS) is 27.9. The van der Waals surface area contributed by atoms with Gasteiger partial charge in [0.1, 0.15) is 5.54 Å². The van der Waals surface area contributed by atoms with Crippen LogP contribution in [0.1, 0.15) is 59.8 Å². The Morgan fingerprint density at radius 1 is 1.39 bits per heavy atom. The molecule has 2 atom stereocenters. The zero-order valence-electron chi connectivity index (χ0n) is 12.5. The summed E-state index contributed by atoms with van der Waals surface area (Å²) in [6.07, 6.45) is 5.43. The highest BCUT2D eigenvalue weighted by Crippen LogP contribution is 2.33. The van der Waals surface area contributed by atoms with Gasteiger partial charge in [0, 0.05) is 12.1 Å². The van der Waals surface area contributed by atoms with Crippen molar-refractivity contribution in [2.24, 2.45) is 0 Å². The molecule has 3 nitrogen and oxygen atoms in total. The van der Waals surface area contributed by atoms with Crippen LogP contribution in [0.2, 0.25) is 0 Å². The summed E-state index contributed by atoms with van der Waals surface area (Å²) in [5, 5.41) is 13.0. The second-order valence-electron chi connectivity index (χ2n) is 5.85. The largest absolute Gasteiger partial charge is 0.299 e. The molecule has 0 aromatic carbocycles. The first-order chi connectivity index (χ1) is 8.58. The fourth-order valence-electron chi connectivity index (χ4n) is 3.09. The van der Waals surface area contributed by atoms with Gasteiger partial charge in [-0.15, -0.1) is 0 Å². The molecule has 0 aliphatic heterocycles. The summed E-state index contributed by atoms with van der Waals surface area (Å²) in [4.78, 5) is 2.58. The molecule has 3 heteroatoms. The monoisotopic (exact) mass is 251 g/mol. The predicted octanol–water partition coefficient (Wildman–Crippen LogP) is 2.92. The van der Waals surface area contributed by atoms with Gasteiger partial charge in [-0.2, -0.15) is 5.26 Å². The lowest BCUT2D eigenvalue weighted by Crippen LogP contribution is -2.45. The molecule has 1 N–H and O–H groups in total. The van der Waals surface area contributed by atoms with Crippen molar-refractivity contribution in [2.45, 2.75) is 77.4 Å². The number of nitriles is 1. The van der Waals surface area contributed by atoms with E-state index in [0.29, 0.717) is 12.1 Å². The molecule has 1 saturated carbocycles. The summed E-state index contributed by atoms with van der Waals surface area (Å²) in [6, 6.07) is 3.70. The highest BCUT2D eigenvalue weighted by Gasteiger charge is 2.41. The minimum atomic E-state index is -0.262. The minimum absolute atomic E-state index is 0.262. The van der Waals surface area contributed by atoms with Crippen LogP contribution in [0.3, 0.4) is 0 Å². The highest BCUT2D eigenvalue weighted by atomic mass is 15.2. The van der Waals surface area contributed by atoms with Crippen molar-refractivity contribution in [3.8, 4) is 6.07 Å². The Balaban J connectivity index is 2.64. The lowest BCUT2D eigenvalue weighted by molar-refractivity contribution is 0.150. The molecule has 0 heterocycles. The number of nitrogens with zero attached hydrogens (tertiary/aromatic N) is 2. The van der Waals surface area contributed by atoms with Crippen molar-refractivity contribution < 1.29 is 0 Å². The van der Waals surface area contributed by atoms with Gasteiger partial charge < -0.3 is 0 Å². The molecule has 0 saturated heterocycles. The second kappa shape index (κ2) is 7.11. The Morgan fingerprint density at radius 2 is 2.11 bits per heavy atom. The summed E-state index contributed by atoms with van der Waals surface area (Å²) in [6.45, 7) is 11.0. The standard InChI is InChI=1S/C15H29N3/c1-5-9-17-15(12-16)8-7-14(11-15)18(10-6-2)13(3)4/h13-14,17H,5-11H2,1-4H3. The third-order valence-corrected chi connectivity index (χ3v) is 4.03. The van der Waals surface area contributed by atoms with Crippen molar-refractivity contribution in [3.63, 3.8) is 0 Å². The van der Waals surface area contributed by atoms with Crippen molar-refractivity contribution >= 4 is 0 Å². The van der Waals surface area contributed by atoms with E-state index in [1.54, 1.807) is 0 Å². The van der Waals surface area contributed by atoms with E-state index in [0.717, 1.165) is 38.8 Å². The third kappa shape index (κ3) is 3.70. The van der Waals surface area contributed by atoms with E-state index in [-0.39, 0.29) is 5.54 Å². The van der Waals surface area contributed by atoms with E-state index in [1.807, 2.05) is 0 Å². The topological polar surface area (TPSA) is 39.1 Å². The Labute approximate surface area is 113 Å². The van der Waals surface area contributed by atoms with Crippen LogP contribution in [0.5, 0.6) is 0 Å². The van der Waals surface area contributed by atoms with Gasteiger partial charge in [-0.1, -0.05) is 13.8 Å². The van der Waals surface area contributed by atoms with Crippen LogP contribution in [0.25, 0.3) is 0 Å². The molecular formula is C15H29N3. The molecule has 0 amide bonds. The molecule has 1 fully saturated rings. The summed E-state index contributed by atoms with van der Waals surface area (Å²) in [5.74, 6) is 0. The maximum atomic E-state index is 9.48. The van der Waals surface area contributed by atoms with Gasteiger partial charge in [0.2, 0.25) is 0 Å². The van der Waals surface area contributed by atoms with Crippen LogP contribution < -0.4 is 5.32 Å². The average molecular weight is 251 g/mol. The molecule has 0 aromatic rings. The van der Waals surface area contributed by atoms with E-state index in [2.05, 4.69) is 44.0 Å². The molecule has 1 aliphatic rings. The maximum absolute atomic E-state index is 9.48.